The zero-order valence-electron chi connectivity index (χ0n) is 13.2. The summed E-state index contributed by atoms with van der Waals surface area (Å²) in [6, 6.07) is 10.7. The number of carbonyl (C=O) groups is 1. The normalized spacial score (nSPS) is 12.1. The highest BCUT2D eigenvalue weighted by molar-refractivity contribution is 6.06. The first-order valence-electron chi connectivity index (χ1n) is 7.23. The zero-order valence-corrected chi connectivity index (χ0v) is 13.2. The SMILES string of the molecule is COc1cc(C(=O)N(C)[C@H](C)c2ccon2)c2ccccc2n1. The van der Waals surface area contributed by atoms with E-state index in [0.29, 0.717) is 17.1 Å². The molecule has 0 radical (unpaired) electrons. The van der Waals surface area contributed by atoms with Crippen LogP contribution in [0.5, 0.6) is 5.88 Å². The molecule has 1 aromatic carbocycles. The van der Waals surface area contributed by atoms with Crippen molar-refractivity contribution in [3.63, 3.8) is 0 Å². The quantitative estimate of drug-likeness (QED) is 0.740. The van der Waals surface area contributed by atoms with Gasteiger partial charge in [-0.2, -0.15) is 0 Å². The Morgan fingerprint density at radius 3 is 2.78 bits per heavy atom. The van der Waals surface area contributed by atoms with Crippen LogP contribution in [-0.4, -0.2) is 35.1 Å². The minimum absolute atomic E-state index is 0.127. The van der Waals surface area contributed by atoms with E-state index in [2.05, 4.69) is 10.1 Å². The van der Waals surface area contributed by atoms with Crippen LogP contribution in [0.4, 0.5) is 0 Å². The zero-order chi connectivity index (χ0) is 16.4. The fourth-order valence-electron chi connectivity index (χ4n) is 2.43. The van der Waals surface area contributed by atoms with Crippen molar-refractivity contribution in [3.8, 4) is 5.88 Å². The average Bonchev–Trinajstić information content (AvgIpc) is 3.13. The van der Waals surface area contributed by atoms with Gasteiger partial charge in [0.25, 0.3) is 5.91 Å². The van der Waals surface area contributed by atoms with E-state index in [1.807, 2.05) is 31.2 Å². The lowest BCUT2D eigenvalue weighted by molar-refractivity contribution is 0.0739. The standard InChI is InChI=1S/C17H17N3O3/c1-11(14-8-9-23-19-14)20(2)17(21)13-10-16(22-3)18-15-7-5-4-6-12(13)15/h4-11H,1-3H3/t11-/m1/s1. The van der Waals surface area contributed by atoms with Crippen molar-refractivity contribution >= 4 is 16.8 Å². The molecule has 3 aromatic rings. The van der Waals surface area contributed by atoms with E-state index in [4.69, 9.17) is 9.26 Å². The van der Waals surface area contributed by atoms with Gasteiger partial charge in [0, 0.05) is 24.6 Å². The van der Waals surface area contributed by atoms with Gasteiger partial charge >= 0.3 is 0 Å². The van der Waals surface area contributed by atoms with Crippen molar-refractivity contribution in [2.75, 3.05) is 14.2 Å². The van der Waals surface area contributed by atoms with Gasteiger partial charge in [-0.1, -0.05) is 23.4 Å². The summed E-state index contributed by atoms with van der Waals surface area (Å²) in [4.78, 5) is 18.9. The van der Waals surface area contributed by atoms with Crippen LogP contribution in [0, 0.1) is 0 Å². The van der Waals surface area contributed by atoms with Crippen molar-refractivity contribution < 1.29 is 14.1 Å². The molecular weight excluding hydrogens is 294 g/mol. The number of fused-ring (bicyclic) bond motifs is 1. The Balaban J connectivity index is 2.03. The first-order chi connectivity index (χ1) is 11.1. The van der Waals surface area contributed by atoms with E-state index >= 15 is 0 Å². The predicted molar refractivity (Wildman–Crippen MR) is 85.3 cm³/mol. The first-order valence-corrected chi connectivity index (χ1v) is 7.23. The molecule has 0 aliphatic heterocycles. The molecule has 1 amide bonds. The minimum atomic E-state index is -0.209. The predicted octanol–water partition coefficient (Wildman–Crippen LogP) is 3.06. The van der Waals surface area contributed by atoms with E-state index in [-0.39, 0.29) is 11.9 Å². The number of nitrogens with zero attached hydrogens (tertiary/aromatic N) is 3. The number of methoxy groups -OCH3 is 1. The number of aromatic nitrogens is 2. The summed E-state index contributed by atoms with van der Waals surface area (Å²) < 4.78 is 10.1. The summed E-state index contributed by atoms with van der Waals surface area (Å²) in [5.41, 5.74) is 1.97. The van der Waals surface area contributed by atoms with Crippen molar-refractivity contribution in [3.05, 3.63) is 53.9 Å². The third-order valence-electron chi connectivity index (χ3n) is 3.92. The van der Waals surface area contributed by atoms with E-state index in [9.17, 15) is 4.79 Å². The fraction of sp³-hybridized carbons (Fsp3) is 0.235. The number of ether oxygens (including phenoxy) is 1. The molecule has 0 aliphatic rings. The molecule has 1 atom stereocenters. The van der Waals surface area contributed by atoms with Crippen LogP contribution < -0.4 is 4.74 Å². The highest BCUT2D eigenvalue weighted by atomic mass is 16.5. The van der Waals surface area contributed by atoms with Gasteiger partial charge in [0.1, 0.15) is 12.0 Å². The van der Waals surface area contributed by atoms with Gasteiger partial charge in [0.05, 0.1) is 24.2 Å². The number of hydrogen-bond donors (Lipinski definition) is 0. The summed E-state index contributed by atoms with van der Waals surface area (Å²) in [6.45, 7) is 1.90. The number of pyridine rings is 1. The van der Waals surface area contributed by atoms with Gasteiger partial charge in [-0.15, -0.1) is 0 Å². The maximum Gasteiger partial charge on any atom is 0.255 e. The number of rotatable bonds is 4. The van der Waals surface area contributed by atoms with E-state index in [1.165, 1.54) is 13.4 Å². The third-order valence-corrected chi connectivity index (χ3v) is 3.92. The van der Waals surface area contributed by atoms with Crippen molar-refractivity contribution in [2.24, 2.45) is 0 Å². The summed E-state index contributed by atoms with van der Waals surface area (Å²) in [5.74, 6) is 0.284. The lowest BCUT2D eigenvalue weighted by Crippen LogP contribution is -2.30. The number of hydrogen-bond acceptors (Lipinski definition) is 5. The Morgan fingerprint density at radius 2 is 2.09 bits per heavy atom. The fourth-order valence-corrected chi connectivity index (χ4v) is 2.43. The van der Waals surface area contributed by atoms with Crippen molar-refractivity contribution in [1.82, 2.24) is 15.0 Å². The monoisotopic (exact) mass is 311 g/mol. The van der Waals surface area contributed by atoms with Crippen LogP contribution in [0.2, 0.25) is 0 Å². The van der Waals surface area contributed by atoms with Gasteiger partial charge in [0.15, 0.2) is 0 Å². The molecule has 118 valence electrons. The summed E-state index contributed by atoms with van der Waals surface area (Å²) in [5, 5.41) is 4.69. The highest BCUT2D eigenvalue weighted by Gasteiger charge is 2.23. The van der Waals surface area contributed by atoms with Crippen molar-refractivity contribution in [2.45, 2.75) is 13.0 Å². The Labute approximate surface area is 133 Å². The number of benzene rings is 1. The maximum atomic E-state index is 12.9. The lowest BCUT2D eigenvalue weighted by atomic mass is 10.1. The molecule has 0 fully saturated rings. The molecular formula is C17H17N3O3. The average molecular weight is 311 g/mol. The molecule has 0 N–H and O–H groups in total. The largest absolute Gasteiger partial charge is 0.481 e. The molecule has 0 spiro atoms. The van der Waals surface area contributed by atoms with Crippen LogP contribution in [0.15, 0.2) is 47.2 Å². The molecule has 2 aromatic heterocycles. The number of carbonyl (C=O) groups excluding carboxylic acids is 1. The third kappa shape index (κ3) is 2.75. The van der Waals surface area contributed by atoms with Gasteiger partial charge < -0.3 is 14.2 Å². The highest BCUT2D eigenvalue weighted by Crippen LogP contribution is 2.26. The topological polar surface area (TPSA) is 68.5 Å². The van der Waals surface area contributed by atoms with Gasteiger partial charge in [-0.3, -0.25) is 4.79 Å². The van der Waals surface area contributed by atoms with Crippen LogP contribution in [0.25, 0.3) is 10.9 Å². The molecule has 0 saturated heterocycles. The summed E-state index contributed by atoms with van der Waals surface area (Å²) in [7, 11) is 3.27. The second-order valence-corrected chi connectivity index (χ2v) is 5.25. The van der Waals surface area contributed by atoms with E-state index in [0.717, 1.165) is 10.9 Å². The molecule has 0 aliphatic carbocycles. The summed E-state index contributed by atoms with van der Waals surface area (Å²) >= 11 is 0. The molecule has 6 nitrogen and oxygen atoms in total. The van der Waals surface area contributed by atoms with E-state index in [1.54, 1.807) is 24.1 Å². The number of amides is 1. The Hall–Kier alpha value is -2.89. The second kappa shape index (κ2) is 6.08. The lowest BCUT2D eigenvalue weighted by Gasteiger charge is -2.24. The molecule has 0 unspecified atom stereocenters. The molecule has 6 heteroatoms. The second-order valence-electron chi connectivity index (χ2n) is 5.25. The maximum absolute atomic E-state index is 12.9. The van der Waals surface area contributed by atoms with Crippen LogP contribution in [0.1, 0.15) is 29.0 Å². The number of para-hydroxylation sites is 1. The van der Waals surface area contributed by atoms with Crippen LogP contribution in [-0.2, 0) is 0 Å². The molecule has 0 saturated carbocycles. The minimum Gasteiger partial charge on any atom is -0.481 e. The molecule has 2 heterocycles. The van der Waals surface area contributed by atoms with Crippen LogP contribution in [0.3, 0.4) is 0 Å². The Kier molecular flexibility index (Phi) is 3.97. The van der Waals surface area contributed by atoms with Gasteiger partial charge in [0.2, 0.25) is 5.88 Å². The van der Waals surface area contributed by atoms with Gasteiger partial charge in [-0.25, -0.2) is 4.98 Å². The van der Waals surface area contributed by atoms with E-state index < -0.39 is 0 Å². The van der Waals surface area contributed by atoms with Crippen LogP contribution >= 0.6 is 0 Å². The Bertz CT molecular complexity index is 830. The molecule has 3 rings (SSSR count). The molecule has 0 bridgehead atoms. The smallest absolute Gasteiger partial charge is 0.255 e. The van der Waals surface area contributed by atoms with Crippen molar-refractivity contribution in [1.29, 1.82) is 0 Å². The Morgan fingerprint density at radius 1 is 1.30 bits per heavy atom. The van der Waals surface area contributed by atoms with Gasteiger partial charge in [-0.05, 0) is 13.0 Å². The summed E-state index contributed by atoms with van der Waals surface area (Å²) in [6.07, 6.45) is 1.50. The first kappa shape index (κ1) is 15.0. The molecule has 23 heavy (non-hydrogen) atoms.